The number of nitro groups is 1. The Labute approximate surface area is 129 Å². The Morgan fingerprint density at radius 3 is 2.57 bits per heavy atom. The lowest BCUT2D eigenvalue weighted by atomic mass is 9.96. The van der Waals surface area contributed by atoms with E-state index in [4.69, 9.17) is 0 Å². The zero-order chi connectivity index (χ0) is 17.3. The molecule has 1 aromatic carbocycles. The van der Waals surface area contributed by atoms with Crippen molar-refractivity contribution >= 4 is 23.3 Å². The van der Waals surface area contributed by atoms with Crippen molar-refractivity contribution in [3.63, 3.8) is 0 Å². The van der Waals surface area contributed by atoms with Crippen LogP contribution in [0.4, 0.5) is 5.69 Å². The van der Waals surface area contributed by atoms with Crippen molar-refractivity contribution in [3.8, 4) is 0 Å². The van der Waals surface area contributed by atoms with E-state index in [9.17, 15) is 34.7 Å². The van der Waals surface area contributed by atoms with Crippen LogP contribution in [0, 0.1) is 10.1 Å². The first-order valence-electron chi connectivity index (χ1n) is 6.43. The number of ketones is 1. The molecule has 0 bridgehead atoms. The number of nitrogens with zero attached hydrogens (tertiary/aromatic N) is 2. The maximum absolute atomic E-state index is 12.0. The molecular formula is C14H11N2O7-. The van der Waals surface area contributed by atoms with Crippen LogP contribution >= 0.6 is 0 Å². The van der Waals surface area contributed by atoms with Gasteiger partial charge in [0.2, 0.25) is 0 Å². The van der Waals surface area contributed by atoms with E-state index in [0.717, 1.165) is 17.9 Å². The van der Waals surface area contributed by atoms with Gasteiger partial charge in [-0.1, -0.05) is 12.1 Å². The molecule has 1 aliphatic rings. The fourth-order valence-corrected chi connectivity index (χ4v) is 2.47. The second-order valence-electron chi connectivity index (χ2n) is 4.88. The first kappa shape index (κ1) is 16.1. The van der Waals surface area contributed by atoms with Crippen LogP contribution in [0.3, 0.4) is 0 Å². The van der Waals surface area contributed by atoms with Crippen molar-refractivity contribution in [2.75, 3.05) is 6.54 Å². The summed E-state index contributed by atoms with van der Waals surface area (Å²) in [4.78, 5) is 45.5. The summed E-state index contributed by atoms with van der Waals surface area (Å²) in [7, 11) is 0. The monoisotopic (exact) mass is 319 g/mol. The van der Waals surface area contributed by atoms with Gasteiger partial charge in [-0.3, -0.25) is 19.7 Å². The summed E-state index contributed by atoms with van der Waals surface area (Å²) < 4.78 is 0. The third kappa shape index (κ3) is 2.89. The molecule has 1 heterocycles. The number of carboxylic acid groups (broad SMARTS) is 1. The van der Waals surface area contributed by atoms with Crippen molar-refractivity contribution in [1.29, 1.82) is 0 Å². The van der Waals surface area contributed by atoms with Crippen LogP contribution in [-0.2, 0) is 14.4 Å². The Balaban J connectivity index is 2.59. The molecule has 0 spiro atoms. The fourth-order valence-electron chi connectivity index (χ4n) is 2.47. The molecule has 0 aliphatic carbocycles. The predicted octanol–water partition coefficient (Wildman–Crippen LogP) is -0.371. The van der Waals surface area contributed by atoms with E-state index in [1.54, 1.807) is 0 Å². The van der Waals surface area contributed by atoms with Crippen LogP contribution < -0.4 is 5.11 Å². The maximum atomic E-state index is 12.0. The molecular weight excluding hydrogens is 308 g/mol. The van der Waals surface area contributed by atoms with Crippen LogP contribution in [0.5, 0.6) is 0 Å². The lowest BCUT2D eigenvalue weighted by molar-refractivity contribution is -0.384. The van der Waals surface area contributed by atoms with Gasteiger partial charge >= 0.3 is 0 Å². The first-order valence-corrected chi connectivity index (χ1v) is 6.43. The zero-order valence-corrected chi connectivity index (χ0v) is 11.9. The lowest BCUT2D eigenvalue weighted by Crippen LogP contribution is -2.41. The molecule has 1 amide bonds. The molecule has 1 aromatic rings. The Hall–Kier alpha value is -3.23. The number of benzene rings is 1. The number of Topliss-reactive ketones (excluding diaryl/α,β-unsaturated/α-hetero) is 1. The number of aliphatic hydroxyl groups excluding tert-OH is 1. The van der Waals surface area contributed by atoms with Gasteiger partial charge in [0.1, 0.15) is 0 Å². The Kier molecular flexibility index (Phi) is 4.12. The minimum Gasteiger partial charge on any atom is -0.548 e. The van der Waals surface area contributed by atoms with Crippen molar-refractivity contribution in [2.24, 2.45) is 0 Å². The standard InChI is InChI=1S/C14H12N2O7/c1-7(17)11-12(8-3-2-4-9(5-8)16(22)23)15(6-10(18)19)14(21)13(11)20/h2-5,12,20H,6H2,1H3,(H,18,19)/p-1/t12-/m1/s1. The Morgan fingerprint density at radius 1 is 1.39 bits per heavy atom. The number of nitro benzene ring substituents is 1. The quantitative estimate of drug-likeness (QED) is 0.576. The maximum Gasteiger partial charge on any atom is 0.290 e. The number of hydrogen-bond donors (Lipinski definition) is 1. The topological polar surface area (TPSA) is 141 Å². The average molecular weight is 319 g/mol. The third-order valence-corrected chi connectivity index (χ3v) is 3.38. The van der Waals surface area contributed by atoms with E-state index in [1.807, 2.05) is 0 Å². The summed E-state index contributed by atoms with van der Waals surface area (Å²) in [6, 6.07) is 3.83. The van der Waals surface area contributed by atoms with E-state index >= 15 is 0 Å². The summed E-state index contributed by atoms with van der Waals surface area (Å²) in [5.74, 6) is -4.15. The van der Waals surface area contributed by atoms with E-state index in [1.165, 1.54) is 18.2 Å². The van der Waals surface area contributed by atoms with Gasteiger partial charge in [-0.15, -0.1) is 0 Å². The van der Waals surface area contributed by atoms with E-state index in [-0.39, 0.29) is 16.8 Å². The third-order valence-electron chi connectivity index (χ3n) is 3.38. The molecule has 9 nitrogen and oxygen atoms in total. The highest BCUT2D eigenvalue weighted by Gasteiger charge is 2.42. The molecule has 0 aromatic heterocycles. The number of carbonyl (C=O) groups is 3. The van der Waals surface area contributed by atoms with Gasteiger partial charge in [0.25, 0.3) is 11.6 Å². The van der Waals surface area contributed by atoms with Crippen molar-refractivity contribution in [1.82, 2.24) is 4.90 Å². The smallest absolute Gasteiger partial charge is 0.290 e. The van der Waals surface area contributed by atoms with Gasteiger partial charge in [0, 0.05) is 12.1 Å². The average Bonchev–Trinajstić information content (AvgIpc) is 2.71. The normalized spacial score (nSPS) is 17.5. The Morgan fingerprint density at radius 2 is 2.04 bits per heavy atom. The molecule has 0 saturated heterocycles. The summed E-state index contributed by atoms with van der Waals surface area (Å²) in [6.07, 6.45) is 0. The SMILES string of the molecule is CC(=O)C1=C(O)C(=O)N(CC(=O)[O-])[C@@H]1c1cccc([N+](=O)[O-])c1. The molecule has 0 radical (unpaired) electrons. The van der Waals surface area contributed by atoms with Crippen LogP contribution in [0.15, 0.2) is 35.6 Å². The molecule has 0 unspecified atom stereocenters. The predicted molar refractivity (Wildman–Crippen MR) is 72.9 cm³/mol. The number of aliphatic carboxylic acids is 1. The Bertz CT molecular complexity index is 753. The highest BCUT2D eigenvalue weighted by molar-refractivity contribution is 6.08. The van der Waals surface area contributed by atoms with E-state index < -0.39 is 40.9 Å². The number of carbonyl (C=O) groups excluding carboxylic acids is 3. The highest BCUT2D eigenvalue weighted by Crippen LogP contribution is 2.38. The minimum absolute atomic E-state index is 0.142. The summed E-state index contributed by atoms with van der Waals surface area (Å²) in [6.45, 7) is 0.235. The van der Waals surface area contributed by atoms with Crippen molar-refractivity contribution < 1.29 is 29.5 Å². The number of non-ortho nitro benzene ring substituents is 1. The van der Waals surface area contributed by atoms with Gasteiger partial charge in [-0.2, -0.15) is 0 Å². The summed E-state index contributed by atoms with van der Waals surface area (Å²) in [5, 5.41) is 31.5. The van der Waals surface area contributed by atoms with E-state index in [2.05, 4.69) is 0 Å². The van der Waals surface area contributed by atoms with Gasteiger partial charge in [0.15, 0.2) is 11.5 Å². The molecule has 23 heavy (non-hydrogen) atoms. The summed E-state index contributed by atoms with van der Waals surface area (Å²) >= 11 is 0. The highest BCUT2D eigenvalue weighted by atomic mass is 16.6. The van der Waals surface area contributed by atoms with Gasteiger partial charge in [-0.05, 0) is 12.5 Å². The molecule has 0 fully saturated rings. The summed E-state index contributed by atoms with van der Waals surface area (Å²) in [5.41, 5.74) is -0.461. The lowest BCUT2D eigenvalue weighted by Gasteiger charge is -2.26. The molecule has 1 N–H and O–H groups in total. The molecule has 9 heteroatoms. The van der Waals surface area contributed by atoms with E-state index in [0.29, 0.717) is 0 Å². The molecule has 2 rings (SSSR count). The van der Waals surface area contributed by atoms with Gasteiger partial charge < -0.3 is 19.9 Å². The fraction of sp³-hybridized carbons (Fsp3) is 0.214. The second kappa shape index (κ2) is 5.87. The van der Waals surface area contributed by atoms with Crippen molar-refractivity contribution in [2.45, 2.75) is 13.0 Å². The second-order valence-corrected chi connectivity index (χ2v) is 4.88. The largest absolute Gasteiger partial charge is 0.548 e. The number of carboxylic acids is 1. The van der Waals surface area contributed by atoms with Crippen LogP contribution in [0.2, 0.25) is 0 Å². The number of aliphatic hydroxyl groups is 1. The molecule has 120 valence electrons. The molecule has 1 atom stereocenters. The van der Waals surface area contributed by atoms with Crippen LogP contribution in [-0.4, -0.2) is 39.1 Å². The van der Waals surface area contributed by atoms with Crippen LogP contribution in [0.25, 0.3) is 0 Å². The number of amides is 1. The van der Waals surface area contributed by atoms with Gasteiger partial charge in [-0.25, -0.2) is 0 Å². The van der Waals surface area contributed by atoms with Crippen molar-refractivity contribution in [3.05, 3.63) is 51.3 Å². The minimum atomic E-state index is -1.59. The number of hydrogen-bond acceptors (Lipinski definition) is 7. The number of rotatable bonds is 5. The van der Waals surface area contributed by atoms with Gasteiger partial charge in [0.05, 0.1) is 29.1 Å². The molecule has 1 aliphatic heterocycles. The molecule has 0 saturated carbocycles. The van der Waals surface area contributed by atoms with Crippen LogP contribution in [0.1, 0.15) is 18.5 Å². The zero-order valence-electron chi connectivity index (χ0n) is 11.9. The first-order chi connectivity index (χ1) is 10.7.